The average molecular weight is 485 g/mol. The summed E-state index contributed by atoms with van der Waals surface area (Å²) in [5.74, 6) is -0.984. The lowest BCUT2D eigenvalue weighted by atomic mass is 9.95. The summed E-state index contributed by atoms with van der Waals surface area (Å²) in [6.45, 7) is 3.42. The van der Waals surface area contributed by atoms with Gasteiger partial charge in [0.25, 0.3) is 0 Å². The van der Waals surface area contributed by atoms with E-state index in [0.717, 1.165) is 45.3 Å². The number of rotatable bonds is 6. The topological polar surface area (TPSA) is 73.9 Å². The number of benzene rings is 2. The molecule has 2 aromatic carbocycles. The van der Waals surface area contributed by atoms with Crippen molar-refractivity contribution >= 4 is 34.8 Å². The Bertz CT molecular complexity index is 1040. The van der Waals surface area contributed by atoms with Crippen molar-refractivity contribution in [1.82, 2.24) is 10.2 Å². The summed E-state index contributed by atoms with van der Waals surface area (Å²) in [4.78, 5) is 30.0. The van der Waals surface area contributed by atoms with Gasteiger partial charge in [-0.05, 0) is 74.2 Å². The van der Waals surface area contributed by atoms with Gasteiger partial charge in [0.15, 0.2) is 0 Å². The first-order valence-electron chi connectivity index (χ1n) is 12.0. The van der Waals surface area contributed by atoms with E-state index in [-0.39, 0.29) is 6.04 Å². The average Bonchev–Trinajstić information content (AvgIpc) is 2.85. The van der Waals surface area contributed by atoms with Crippen molar-refractivity contribution in [2.75, 3.05) is 50.6 Å². The third-order valence-corrected chi connectivity index (χ3v) is 6.98. The van der Waals surface area contributed by atoms with E-state index in [0.29, 0.717) is 23.0 Å². The number of ether oxygens (including phenoxy) is 1. The van der Waals surface area contributed by atoms with E-state index in [2.05, 4.69) is 45.7 Å². The van der Waals surface area contributed by atoms with Crippen LogP contribution < -0.4 is 20.3 Å². The van der Waals surface area contributed by atoms with Gasteiger partial charge >= 0.3 is 11.8 Å². The number of hydrogen-bond donors (Lipinski definition) is 2. The maximum Gasteiger partial charge on any atom is 0.313 e. The van der Waals surface area contributed by atoms with Gasteiger partial charge in [0.2, 0.25) is 0 Å². The minimum absolute atomic E-state index is 0.0234. The molecule has 2 N–H and O–H groups in total. The highest BCUT2D eigenvalue weighted by atomic mass is 35.5. The molecular weight excluding hydrogens is 452 g/mol. The summed E-state index contributed by atoms with van der Waals surface area (Å²) < 4.78 is 5.25. The summed E-state index contributed by atoms with van der Waals surface area (Å²) in [6.07, 6.45) is 5.73. The van der Waals surface area contributed by atoms with Crippen LogP contribution in [-0.2, 0) is 16.0 Å². The number of carbonyl (C=O) groups excluding carboxylic acids is 2. The quantitative estimate of drug-likeness (QED) is 0.606. The molecule has 1 unspecified atom stereocenters. The van der Waals surface area contributed by atoms with Crippen LogP contribution in [0.4, 0.5) is 11.4 Å². The molecule has 2 heterocycles. The molecule has 2 amide bonds. The molecule has 182 valence electrons. The number of halogens is 1. The lowest BCUT2D eigenvalue weighted by molar-refractivity contribution is -0.136. The van der Waals surface area contributed by atoms with Crippen LogP contribution in [0.3, 0.4) is 0 Å². The summed E-state index contributed by atoms with van der Waals surface area (Å²) >= 11 is 6.04. The number of methoxy groups -OCH3 is 1. The molecule has 34 heavy (non-hydrogen) atoms. The van der Waals surface area contributed by atoms with Gasteiger partial charge in [-0.3, -0.25) is 14.5 Å². The Labute approximate surface area is 206 Å². The van der Waals surface area contributed by atoms with Crippen molar-refractivity contribution in [2.45, 2.75) is 38.1 Å². The van der Waals surface area contributed by atoms with E-state index in [4.69, 9.17) is 16.3 Å². The van der Waals surface area contributed by atoms with Gasteiger partial charge < -0.3 is 20.3 Å². The van der Waals surface area contributed by atoms with Crippen LogP contribution >= 0.6 is 11.6 Å². The molecular formula is C26H33ClN4O3. The number of hydrogen-bond acceptors (Lipinski definition) is 5. The first kappa shape index (κ1) is 24.4. The maximum absolute atomic E-state index is 12.7. The van der Waals surface area contributed by atoms with Gasteiger partial charge in [-0.15, -0.1) is 0 Å². The van der Waals surface area contributed by atoms with Crippen molar-refractivity contribution in [3.63, 3.8) is 0 Å². The molecule has 0 aliphatic carbocycles. The van der Waals surface area contributed by atoms with Crippen LogP contribution in [0, 0.1) is 0 Å². The fraction of sp³-hybridized carbons (Fsp3) is 0.462. The van der Waals surface area contributed by atoms with Crippen molar-refractivity contribution in [1.29, 1.82) is 0 Å². The number of nitrogens with zero attached hydrogens (tertiary/aromatic N) is 2. The Morgan fingerprint density at radius 1 is 1.03 bits per heavy atom. The summed E-state index contributed by atoms with van der Waals surface area (Å²) in [5.41, 5.74) is 4.19. The number of likely N-dealkylation sites (tertiary alicyclic amines) is 1. The Hall–Kier alpha value is -2.77. The molecule has 0 aromatic heterocycles. The fourth-order valence-electron chi connectivity index (χ4n) is 4.93. The third-order valence-electron chi connectivity index (χ3n) is 6.74. The molecule has 0 spiro atoms. The van der Waals surface area contributed by atoms with Crippen LogP contribution in [0.25, 0.3) is 0 Å². The predicted octanol–water partition coefficient (Wildman–Crippen LogP) is 4.01. The van der Waals surface area contributed by atoms with E-state index >= 15 is 0 Å². The Balaban J connectivity index is 1.47. The lowest BCUT2D eigenvalue weighted by Crippen LogP contribution is -2.43. The van der Waals surface area contributed by atoms with Crippen molar-refractivity contribution in [3.05, 3.63) is 52.5 Å². The first-order chi connectivity index (χ1) is 16.5. The van der Waals surface area contributed by atoms with E-state index < -0.39 is 11.8 Å². The van der Waals surface area contributed by atoms with Crippen LogP contribution in [0.5, 0.6) is 5.75 Å². The Morgan fingerprint density at radius 3 is 2.59 bits per heavy atom. The number of amides is 2. The molecule has 7 nitrogen and oxygen atoms in total. The molecule has 2 aliphatic heterocycles. The van der Waals surface area contributed by atoms with E-state index in [1.165, 1.54) is 30.3 Å². The molecule has 0 bridgehead atoms. The summed E-state index contributed by atoms with van der Waals surface area (Å²) in [5, 5.41) is 5.92. The number of anilines is 2. The molecule has 4 rings (SSSR count). The predicted molar refractivity (Wildman–Crippen MR) is 136 cm³/mol. The van der Waals surface area contributed by atoms with E-state index in [1.807, 2.05) is 0 Å². The highest BCUT2D eigenvalue weighted by Crippen LogP contribution is 2.32. The number of carbonyl (C=O) groups is 2. The second-order valence-electron chi connectivity index (χ2n) is 9.03. The number of piperidine rings is 1. The van der Waals surface area contributed by atoms with E-state index in [9.17, 15) is 9.59 Å². The first-order valence-corrected chi connectivity index (χ1v) is 12.3. The van der Waals surface area contributed by atoms with E-state index in [1.54, 1.807) is 18.2 Å². The van der Waals surface area contributed by atoms with Gasteiger partial charge in [-0.2, -0.15) is 0 Å². The van der Waals surface area contributed by atoms with Gasteiger partial charge in [0.1, 0.15) is 5.75 Å². The molecule has 8 heteroatoms. The zero-order chi connectivity index (χ0) is 24.1. The largest absolute Gasteiger partial charge is 0.495 e. The van der Waals surface area contributed by atoms with Crippen LogP contribution in [0.15, 0.2) is 36.4 Å². The monoisotopic (exact) mass is 484 g/mol. The normalized spacial score (nSPS) is 17.0. The molecule has 0 radical (unpaired) electrons. The molecule has 1 fully saturated rings. The highest BCUT2D eigenvalue weighted by Gasteiger charge is 2.26. The Morgan fingerprint density at radius 2 is 1.82 bits per heavy atom. The smallest absolute Gasteiger partial charge is 0.313 e. The van der Waals surface area contributed by atoms with Gasteiger partial charge in [-0.1, -0.05) is 30.2 Å². The van der Waals surface area contributed by atoms with Crippen molar-refractivity contribution < 1.29 is 14.3 Å². The lowest BCUT2D eigenvalue weighted by Gasteiger charge is -2.36. The van der Waals surface area contributed by atoms with Crippen LogP contribution in [0.1, 0.15) is 42.9 Å². The van der Waals surface area contributed by atoms with Crippen LogP contribution in [-0.4, -0.2) is 57.1 Å². The molecule has 1 saturated heterocycles. The second kappa shape index (κ2) is 11.1. The zero-order valence-electron chi connectivity index (χ0n) is 19.9. The van der Waals surface area contributed by atoms with Crippen molar-refractivity contribution in [2.24, 2.45) is 0 Å². The SMILES string of the molecule is COc1ccc(Cl)cc1NC(=O)C(=O)NCC(c1ccc2c(c1)CCCN2C)N1CCCCC1. The molecule has 2 aliphatic rings. The fourth-order valence-corrected chi connectivity index (χ4v) is 5.10. The molecule has 1 atom stereocenters. The van der Waals surface area contributed by atoms with Crippen molar-refractivity contribution in [3.8, 4) is 5.75 Å². The van der Waals surface area contributed by atoms with Crippen LogP contribution in [0.2, 0.25) is 5.02 Å². The number of nitrogens with one attached hydrogen (secondary N) is 2. The maximum atomic E-state index is 12.7. The Kier molecular flexibility index (Phi) is 7.95. The number of fused-ring (bicyclic) bond motifs is 1. The summed E-state index contributed by atoms with van der Waals surface area (Å²) in [6, 6.07) is 11.5. The van der Waals surface area contributed by atoms with Gasteiger partial charge in [0, 0.05) is 30.8 Å². The summed E-state index contributed by atoms with van der Waals surface area (Å²) in [7, 11) is 3.63. The molecule has 2 aromatic rings. The van der Waals surface area contributed by atoms with Gasteiger partial charge in [0.05, 0.1) is 18.8 Å². The second-order valence-corrected chi connectivity index (χ2v) is 9.47. The van der Waals surface area contributed by atoms with Gasteiger partial charge in [-0.25, -0.2) is 0 Å². The molecule has 0 saturated carbocycles. The minimum Gasteiger partial charge on any atom is -0.495 e. The standard InChI is InChI=1S/C26H33ClN4O3/c1-30-12-6-7-18-15-19(8-10-22(18)30)23(31-13-4-3-5-14-31)17-28-25(32)26(33)29-21-16-20(27)9-11-24(21)34-2/h8-11,15-16,23H,3-7,12-14,17H2,1-2H3,(H,28,32)(H,29,33). The number of aryl methyl sites for hydroxylation is 1. The zero-order valence-corrected chi connectivity index (χ0v) is 20.7. The third kappa shape index (κ3) is 5.65. The minimum atomic E-state index is -0.745. The highest BCUT2D eigenvalue weighted by molar-refractivity contribution is 6.40.